The molecule has 2 unspecified atom stereocenters. The van der Waals surface area contributed by atoms with E-state index in [4.69, 9.17) is 13.9 Å². The van der Waals surface area contributed by atoms with Crippen LogP contribution in [0.3, 0.4) is 0 Å². The van der Waals surface area contributed by atoms with Crippen molar-refractivity contribution in [1.82, 2.24) is 15.6 Å². The van der Waals surface area contributed by atoms with Gasteiger partial charge in [0.25, 0.3) is 5.91 Å². The summed E-state index contributed by atoms with van der Waals surface area (Å²) in [5.74, 6) is -1.15. The van der Waals surface area contributed by atoms with E-state index < -0.39 is 23.9 Å². The molecule has 0 saturated carbocycles. The SMILES string of the molecule is CCOC(=O)CCC(NC(=O)c1coc(C2CCCN2)n1)C(=O)OCC. The number of oxazole rings is 1. The number of hydrogen-bond acceptors (Lipinski definition) is 8. The molecule has 2 heterocycles. The molecule has 26 heavy (non-hydrogen) atoms. The highest BCUT2D eigenvalue weighted by atomic mass is 16.5. The Morgan fingerprint density at radius 3 is 2.77 bits per heavy atom. The van der Waals surface area contributed by atoms with Crippen molar-refractivity contribution >= 4 is 17.8 Å². The smallest absolute Gasteiger partial charge is 0.328 e. The number of rotatable bonds is 9. The Morgan fingerprint density at radius 1 is 1.35 bits per heavy atom. The number of ether oxygens (including phenoxy) is 2. The Morgan fingerprint density at radius 2 is 2.12 bits per heavy atom. The predicted molar refractivity (Wildman–Crippen MR) is 90.2 cm³/mol. The monoisotopic (exact) mass is 367 g/mol. The van der Waals surface area contributed by atoms with Gasteiger partial charge in [0.1, 0.15) is 12.3 Å². The molecule has 1 saturated heterocycles. The van der Waals surface area contributed by atoms with Crippen molar-refractivity contribution in [3.05, 3.63) is 17.8 Å². The van der Waals surface area contributed by atoms with E-state index in [0.717, 1.165) is 19.4 Å². The van der Waals surface area contributed by atoms with Crippen LogP contribution in [0.4, 0.5) is 0 Å². The van der Waals surface area contributed by atoms with Crippen molar-refractivity contribution in [3.8, 4) is 0 Å². The number of aromatic nitrogens is 1. The molecule has 2 atom stereocenters. The first-order chi connectivity index (χ1) is 12.5. The second kappa shape index (κ2) is 9.91. The van der Waals surface area contributed by atoms with E-state index in [2.05, 4.69) is 15.6 Å². The van der Waals surface area contributed by atoms with Gasteiger partial charge in [-0.3, -0.25) is 9.59 Å². The van der Waals surface area contributed by atoms with Gasteiger partial charge in [-0.1, -0.05) is 0 Å². The van der Waals surface area contributed by atoms with E-state index in [9.17, 15) is 14.4 Å². The van der Waals surface area contributed by atoms with Crippen LogP contribution >= 0.6 is 0 Å². The van der Waals surface area contributed by atoms with E-state index in [1.807, 2.05) is 0 Å². The zero-order valence-corrected chi connectivity index (χ0v) is 15.1. The number of nitrogens with one attached hydrogen (secondary N) is 2. The summed E-state index contributed by atoms with van der Waals surface area (Å²) >= 11 is 0. The number of amides is 1. The quantitative estimate of drug-likeness (QED) is 0.623. The number of carbonyl (C=O) groups is 3. The van der Waals surface area contributed by atoms with E-state index in [1.54, 1.807) is 13.8 Å². The van der Waals surface area contributed by atoms with Crippen LogP contribution in [-0.4, -0.2) is 48.6 Å². The topological polar surface area (TPSA) is 120 Å². The van der Waals surface area contributed by atoms with Crippen molar-refractivity contribution < 1.29 is 28.3 Å². The van der Waals surface area contributed by atoms with Crippen LogP contribution in [0.1, 0.15) is 62.0 Å². The summed E-state index contributed by atoms with van der Waals surface area (Å²) < 4.78 is 15.2. The third-order valence-electron chi connectivity index (χ3n) is 3.93. The number of hydrogen-bond donors (Lipinski definition) is 2. The molecule has 1 aliphatic rings. The normalized spacial score (nSPS) is 17.5. The second-order valence-corrected chi connectivity index (χ2v) is 5.84. The maximum Gasteiger partial charge on any atom is 0.328 e. The summed E-state index contributed by atoms with van der Waals surface area (Å²) in [6.45, 7) is 4.68. The van der Waals surface area contributed by atoms with Crippen LogP contribution in [-0.2, 0) is 19.1 Å². The molecule has 9 nitrogen and oxygen atoms in total. The van der Waals surface area contributed by atoms with Gasteiger partial charge in [0.2, 0.25) is 5.89 Å². The summed E-state index contributed by atoms with van der Waals surface area (Å²) in [6.07, 6.45) is 3.25. The van der Waals surface area contributed by atoms with Gasteiger partial charge in [-0.25, -0.2) is 9.78 Å². The minimum Gasteiger partial charge on any atom is -0.466 e. The molecule has 2 N–H and O–H groups in total. The van der Waals surface area contributed by atoms with Crippen LogP contribution in [0, 0.1) is 0 Å². The molecule has 1 aromatic rings. The highest BCUT2D eigenvalue weighted by molar-refractivity contribution is 5.95. The lowest BCUT2D eigenvalue weighted by atomic mass is 10.1. The van der Waals surface area contributed by atoms with Crippen molar-refractivity contribution in [2.24, 2.45) is 0 Å². The fourth-order valence-electron chi connectivity index (χ4n) is 2.67. The molecule has 1 aliphatic heterocycles. The first-order valence-corrected chi connectivity index (χ1v) is 8.87. The molecule has 144 valence electrons. The second-order valence-electron chi connectivity index (χ2n) is 5.84. The predicted octanol–water partition coefficient (Wildman–Crippen LogP) is 1.10. The molecular weight excluding hydrogens is 342 g/mol. The van der Waals surface area contributed by atoms with Crippen LogP contribution in [0.15, 0.2) is 10.7 Å². The van der Waals surface area contributed by atoms with Crippen LogP contribution in [0.25, 0.3) is 0 Å². The van der Waals surface area contributed by atoms with Gasteiger partial charge in [0, 0.05) is 6.42 Å². The Bertz CT molecular complexity index is 624. The lowest BCUT2D eigenvalue weighted by Crippen LogP contribution is -2.42. The number of carbonyl (C=O) groups excluding carboxylic acids is 3. The lowest BCUT2D eigenvalue weighted by molar-refractivity contribution is -0.146. The van der Waals surface area contributed by atoms with Gasteiger partial charge in [0.15, 0.2) is 5.69 Å². The van der Waals surface area contributed by atoms with Gasteiger partial charge >= 0.3 is 11.9 Å². The first-order valence-electron chi connectivity index (χ1n) is 8.87. The molecule has 1 fully saturated rings. The Balaban J connectivity index is 1.97. The highest BCUT2D eigenvalue weighted by Crippen LogP contribution is 2.22. The van der Waals surface area contributed by atoms with Gasteiger partial charge in [0.05, 0.1) is 19.3 Å². The van der Waals surface area contributed by atoms with Crippen molar-refractivity contribution in [2.45, 2.75) is 51.6 Å². The maximum absolute atomic E-state index is 12.4. The standard InChI is InChI=1S/C17H25N3O6/c1-3-24-14(21)8-7-12(17(23)25-4-2)19-15(22)13-10-26-16(20-13)11-6-5-9-18-11/h10-12,18H,3-9H2,1-2H3,(H,19,22). The fraction of sp³-hybridized carbons (Fsp3) is 0.647. The highest BCUT2D eigenvalue weighted by Gasteiger charge is 2.27. The Kier molecular flexibility index (Phi) is 7.58. The van der Waals surface area contributed by atoms with Crippen LogP contribution in [0.2, 0.25) is 0 Å². The van der Waals surface area contributed by atoms with Gasteiger partial charge in [-0.05, 0) is 39.7 Å². The first kappa shape index (κ1) is 19.9. The van der Waals surface area contributed by atoms with Crippen molar-refractivity contribution in [1.29, 1.82) is 0 Å². The average Bonchev–Trinajstić information content (AvgIpc) is 3.29. The number of esters is 2. The molecule has 0 bridgehead atoms. The minimum atomic E-state index is -0.961. The third-order valence-corrected chi connectivity index (χ3v) is 3.93. The molecule has 0 aromatic carbocycles. The third kappa shape index (κ3) is 5.55. The molecule has 0 spiro atoms. The fourth-order valence-corrected chi connectivity index (χ4v) is 2.67. The molecule has 2 rings (SSSR count). The zero-order valence-electron chi connectivity index (χ0n) is 15.1. The van der Waals surface area contributed by atoms with Crippen LogP contribution in [0.5, 0.6) is 0 Å². The number of nitrogens with zero attached hydrogens (tertiary/aromatic N) is 1. The molecule has 1 aromatic heterocycles. The minimum absolute atomic E-state index is 0.00113. The lowest BCUT2D eigenvalue weighted by Gasteiger charge is -2.16. The van der Waals surface area contributed by atoms with Gasteiger partial charge in [-0.15, -0.1) is 0 Å². The summed E-state index contributed by atoms with van der Waals surface area (Å²) in [5.41, 5.74) is 0.0825. The summed E-state index contributed by atoms with van der Waals surface area (Å²) in [4.78, 5) is 40.1. The Hall–Kier alpha value is -2.42. The van der Waals surface area contributed by atoms with E-state index in [1.165, 1.54) is 6.26 Å². The van der Waals surface area contributed by atoms with Crippen molar-refractivity contribution in [2.75, 3.05) is 19.8 Å². The molecule has 9 heteroatoms. The molecular formula is C17H25N3O6. The largest absolute Gasteiger partial charge is 0.466 e. The summed E-state index contributed by atoms with van der Waals surface area (Å²) in [5, 5.41) is 5.79. The van der Waals surface area contributed by atoms with Crippen molar-refractivity contribution in [3.63, 3.8) is 0 Å². The van der Waals surface area contributed by atoms with E-state index >= 15 is 0 Å². The van der Waals surface area contributed by atoms with Crippen LogP contribution < -0.4 is 10.6 Å². The summed E-state index contributed by atoms with van der Waals surface area (Å²) in [6, 6.07) is -0.960. The van der Waals surface area contributed by atoms with Gasteiger partial charge in [-0.2, -0.15) is 0 Å². The zero-order chi connectivity index (χ0) is 18.9. The van der Waals surface area contributed by atoms with E-state index in [-0.39, 0.29) is 37.8 Å². The summed E-state index contributed by atoms with van der Waals surface area (Å²) in [7, 11) is 0. The maximum atomic E-state index is 12.4. The van der Waals surface area contributed by atoms with Gasteiger partial charge < -0.3 is 24.5 Å². The molecule has 0 aliphatic carbocycles. The molecule has 1 amide bonds. The average molecular weight is 367 g/mol. The van der Waals surface area contributed by atoms with E-state index in [0.29, 0.717) is 5.89 Å². The molecule has 0 radical (unpaired) electrons. The Labute approximate surface area is 151 Å².